The molecule has 59 heavy (non-hydrogen) atoms. The molecule has 0 aliphatic heterocycles. The predicted molar refractivity (Wildman–Crippen MR) is 255 cm³/mol. The molecular weight excluding hydrogens is 709 g/mol. The van der Waals surface area contributed by atoms with E-state index in [9.17, 15) is 0 Å². The molecule has 0 fully saturated rings. The van der Waals surface area contributed by atoms with Crippen LogP contribution in [0.25, 0.3) is 98.4 Å². The van der Waals surface area contributed by atoms with Crippen LogP contribution in [-0.2, 0) is 5.41 Å². The van der Waals surface area contributed by atoms with Crippen LogP contribution < -0.4 is 0 Å². The Morgan fingerprint density at radius 2 is 0.729 bits per heavy atom. The highest BCUT2D eigenvalue weighted by atomic mass is 14.6. The van der Waals surface area contributed by atoms with Gasteiger partial charge in [-0.05, 0) is 132 Å². The highest BCUT2D eigenvalue weighted by Gasteiger charge is 2.59. The largest absolute Gasteiger partial charge is 0.0622 e. The standard InChI is InChI=1S/C59H48/c1-57(2,3)59(58(4,5)6)55-42-33-32-41(36-39(42)31-34-51(55)54-45-25-12-10-23-43(45)44-24-11-17-30-50(44)56(54)59)53-48-28-15-13-26-46(48)52(47-27-14-16-29-49(47)53)40-22-18-21-38(35-40)37-19-8-7-9-20-37/h7-36H,1-6H3. The van der Waals surface area contributed by atoms with Crippen LogP contribution in [-0.4, -0.2) is 0 Å². The first-order valence-electron chi connectivity index (χ1n) is 21.2. The maximum Gasteiger partial charge on any atom is 0.0324 e. The van der Waals surface area contributed by atoms with E-state index in [1.807, 2.05) is 0 Å². The first-order valence-corrected chi connectivity index (χ1v) is 21.2. The second-order valence-electron chi connectivity index (χ2n) is 18.8. The Hall–Kier alpha value is -6.50. The van der Waals surface area contributed by atoms with Crippen LogP contribution in [0.15, 0.2) is 182 Å². The van der Waals surface area contributed by atoms with Crippen LogP contribution >= 0.6 is 0 Å². The van der Waals surface area contributed by atoms with Gasteiger partial charge in [0, 0.05) is 5.41 Å². The fourth-order valence-electron chi connectivity index (χ4n) is 11.9. The molecule has 0 atom stereocenters. The van der Waals surface area contributed by atoms with Crippen LogP contribution in [0.1, 0.15) is 52.7 Å². The van der Waals surface area contributed by atoms with Crippen molar-refractivity contribution in [2.24, 2.45) is 10.8 Å². The van der Waals surface area contributed by atoms with E-state index in [0.29, 0.717) is 0 Å². The third-order valence-corrected chi connectivity index (χ3v) is 13.7. The number of fused-ring (bicyclic) bond motifs is 12. The zero-order chi connectivity index (χ0) is 40.3. The maximum atomic E-state index is 2.48. The fraction of sp³-hybridized carbons (Fsp3) is 0.153. The molecule has 0 spiro atoms. The molecule has 0 N–H and O–H groups in total. The Balaban J connectivity index is 1.20. The van der Waals surface area contributed by atoms with Crippen LogP contribution in [0.2, 0.25) is 0 Å². The highest BCUT2D eigenvalue weighted by Crippen LogP contribution is 2.68. The average molecular weight is 757 g/mol. The van der Waals surface area contributed by atoms with Gasteiger partial charge in [-0.15, -0.1) is 0 Å². The van der Waals surface area contributed by atoms with Gasteiger partial charge in [0.1, 0.15) is 0 Å². The molecule has 10 aromatic carbocycles. The summed E-state index contributed by atoms with van der Waals surface area (Å²) in [5.74, 6) is 0. The van der Waals surface area contributed by atoms with Crippen molar-refractivity contribution >= 4 is 53.9 Å². The molecule has 1 aliphatic rings. The number of benzene rings is 10. The lowest BCUT2D eigenvalue weighted by atomic mass is 9.49. The van der Waals surface area contributed by atoms with Crippen molar-refractivity contribution in [3.63, 3.8) is 0 Å². The molecule has 10 aromatic rings. The zero-order valence-corrected chi connectivity index (χ0v) is 34.8. The van der Waals surface area contributed by atoms with Gasteiger partial charge >= 0.3 is 0 Å². The lowest BCUT2D eigenvalue weighted by molar-refractivity contribution is 0.0977. The molecule has 0 heteroatoms. The topological polar surface area (TPSA) is 0 Å². The van der Waals surface area contributed by atoms with Gasteiger partial charge < -0.3 is 0 Å². The van der Waals surface area contributed by atoms with Gasteiger partial charge in [0.05, 0.1) is 0 Å². The minimum Gasteiger partial charge on any atom is -0.0622 e. The molecule has 0 amide bonds. The molecule has 0 saturated heterocycles. The summed E-state index contributed by atoms with van der Waals surface area (Å²) in [6.45, 7) is 14.9. The van der Waals surface area contributed by atoms with Crippen molar-refractivity contribution in [2.45, 2.75) is 47.0 Å². The van der Waals surface area contributed by atoms with E-state index < -0.39 is 0 Å². The van der Waals surface area contributed by atoms with Crippen LogP contribution in [0.5, 0.6) is 0 Å². The molecule has 11 rings (SSSR count). The third-order valence-electron chi connectivity index (χ3n) is 13.7. The van der Waals surface area contributed by atoms with E-state index >= 15 is 0 Å². The molecular formula is C59H48. The molecule has 0 saturated carbocycles. The average Bonchev–Trinajstić information content (AvgIpc) is 3.60. The summed E-state index contributed by atoms with van der Waals surface area (Å²) in [6, 6.07) is 68.3. The van der Waals surface area contributed by atoms with E-state index in [4.69, 9.17) is 0 Å². The Kier molecular flexibility index (Phi) is 7.70. The molecule has 0 aromatic heterocycles. The summed E-state index contributed by atoms with van der Waals surface area (Å²) < 4.78 is 0. The summed E-state index contributed by atoms with van der Waals surface area (Å²) >= 11 is 0. The normalized spacial score (nSPS) is 13.7. The third kappa shape index (κ3) is 4.96. The van der Waals surface area contributed by atoms with Crippen LogP contribution in [0, 0.1) is 10.8 Å². The molecule has 0 unspecified atom stereocenters. The Bertz CT molecular complexity index is 3260. The first kappa shape index (κ1) is 35.6. The lowest BCUT2D eigenvalue weighted by Crippen LogP contribution is -2.50. The van der Waals surface area contributed by atoms with Gasteiger partial charge in [-0.25, -0.2) is 0 Å². The van der Waals surface area contributed by atoms with Gasteiger partial charge in [0.25, 0.3) is 0 Å². The molecule has 0 bridgehead atoms. The van der Waals surface area contributed by atoms with Crippen molar-refractivity contribution in [2.75, 3.05) is 0 Å². The number of hydrogen-bond acceptors (Lipinski definition) is 0. The smallest absolute Gasteiger partial charge is 0.0324 e. The predicted octanol–water partition coefficient (Wildman–Crippen LogP) is 16.8. The van der Waals surface area contributed by atoms with Gasteiger partial charge in [0.15, 0.2) is 0 Å². The highest BCUT2D eigenvalue weighted by molar-refractivity contribution is 6.23. The minimum absolute atomic E-state index is 0.108. The van der Waals surface area contributed by atoms with Gasteiger partial charge in [0.2, 0.25) is 0 Å². The Morgan fingerprint density at radius 3 is 1.29 bits per heavy atom. The minimum atomic E-state index is -0.287. The summed E-state index contributed by atoms with van der Waals surface area (Å²) in [7, 11) is 0. The summed E-state index contributed by atoms with van der Waals surface area (Å²) in [5, 5.41) is 13.1. The Morgan fingerprint density at radius 1 is 0.288 bits per heavy atom. The van der Waals surface area contributed by atoms with Gasteiger partial charge in [-0.3, -0.25) is 0 Å². The first-order chi connectivity index (χ1) is 28.6. The number of hydrogen-bond donors (Lipinski definition) is 0. The number of rotatable bonds is 3. The second-order valence-corrected chi connectivity index (χ2v) is 18.8. The van der Waals surface area contributed by atoms with Crippen LogP contribution in [0.4, 0.5) is 0 Å². The Labute approximate surface area is 347 Å². The monoisotopic (exact) mass is 756 g/mol. The zero-order valence-electron chi connectivity index (χ0n) is 34.8. The van der Waals surface area contributed by atoms with Crippen LogP contribution in [0.3, 0.4) is 0 Å². The summed E-state index contributed by atoms with van der Waals surface area (Å²) in [4.78, 5) is 0. The van der Waals surface area contributed by atoms with E-state index in [1.165, 1.54) is 109 Å². The molecule has 0 radical (unpaired) electrons. The van der Waals surface area contributed by atoms with Gasteiger partial charge in [-0.2, -0.15) is 0 Å². The fourth-order valence-corrected chi connectivity index (χ4v) is 11.9. The molecule has 284 valence electrons. The van der Waals surface area contributed by atoms with Crippen molar-refractivity contribution in [3.8, 4) is 44.5 Å². The summed E-state index contributed by atoms with van der Waals surface area (Å²) in [5.41, 5.74) is 12.8. The van der Waals surface area contributed by atoms with E-state index in [2.05, 4.69) is 224 Å². The molecule has 0 nitrogen and oxygen atoms in total. The summed E-state index contributed by atoms with van der Waals surface area (Å²) in [6.07, 6.45) is 0. The lowest BCUT2D eigenvalue weighted by Gasteiger charge is -2.54. The van der Waals surface area contributed by atoms with Gasteiger partial charge in [-0.1, -0.05) is 211 Å². The second kappa shape index (κ2) is 12.7. The van der Waals surface area contributed by atoms with Crippen molar-refractivity contribution in [1.82, 2.24) is 0 Å². The SMILES string of the molecule is CC(C)(C)C1(C(C)(C)C)c2c(ccc3cc(-c4c5ccccc5c(-c5cccc(-c6ccccc6)c5)c5ccccc45)ccc23)-c2c1c1ccccc1c1ccccc21. The molecule has 1 aliphatic carbocycles. The maximum absolute atomic E-state index is 2.48. The van der Waals surface area contributed by atoms with E-state index in [1.54, 1.807) is 0 Å². The van der Waals surface area contributed by atoms with Crippen molar-refractivity contribution < 1.29 is 0 Å². The van der Waals surface area contributed by atoms with E-state index in [-0.39, 0.29) is 16.2 Å². The quantitative estimate of drug-likeness (QED) is 0.124. The van der Waals surface area contributed by atoms with E-state index in [0.717, 1.165) is 0 Å². The van der Waals surface area contributed by atoms with Crippen molar-refractivity contribution in [3.05, 3.63) is 193 Å². The molecule has 0 heterocycles. The van der Waals surface area contributed by atoms with Crippen molar-refractivity contribution in [1.29, 1.82) is 0 Å².